The standard InChI is InChI=1S/C13H21NO3/c15-11(8-10-4-5-10)14-9-13(12(16)17)6-2-1-3-7-13/h10H,1-9H2,(H,14,15)(H,16,17). The molecule has 2 N–H and O–H groups in total. The molecule has 2 fully saturated rings. The SMILES string of the molecule is O=C(CC1CC1)NCC1(C(=O)O)CCCCC1. The highest BCUT2D eigenvalue weighted by Crippen LogP contribution is 2.36. The van der Waals surface area contributed by atoms with Gasteiger partial charge in [0, 0.05) is 13.0 Å². The quantitative estimate of drug-likeness (QED) is 0.770. The molecule has 0 saturated heterocycles. The van der Waals surface area contributed by atoms with Gasteiger partial charge in [-0.25, -0.2) is 0 Å². The van der Waals surface area contributed by atoms with Crippen molar-refractivity contribution in [2.24, 2.45) is 11.3 Å². The van der Waals surface area contributed by atoms with Crippen LogP contribution in [0.4, 0.5) is 0 Å². The Balaban J connectivity index is 1.83. The summed E-state index contributed by atoms with van der Waals surface area (Å²) >= 11 is 0. The van der Waals surface area contributed by atoms with Crippen molar-refractivity contribution in [2.45, 2.75) is 51.4 Å². The zero-order valence-corrected chi connectivity index (χ0v) is 10.2. The Morgan fingerprint density at radius 2 is 1.82 bits per heavy atom. The first-order valence-electron chi connectivity index (χ1n) is 6.62. The summed E-state index contributed by atoms with van der Waals surface area (Å²) in [4.78, 5) is 23.0. The Labute approximate surface area is 102 Å². The molecule has 0 heterocycles. The number of amides is 1. The molecule has 4 heteroatoms. The van der Waals surface area contributed by atoms with Crippen molar-refractivity contribution in [1.82, 2.24) is 5.32 Å². The van der Waals surface area contributed by atoms with Gasteiger partial charge in [0.2, 0.25) is 5.91 Å². The maximum Gasteiger partial charge on any atom is 0.311 e. The van der Waals surface area contributed by atoms with Crippen molar-refractivity contribution in [1.29, 1.82) is 0 Å². The van der Waals surface area contributed by atoms with Crippen LogP contribution in [-0.4, -0.2) is 23.5 Å². The fourth-order valence-electron chi connectivity index (χ4n) is 2.62. The fraction of sp³-hybridized carbons (Fsp3) is 0.846. The van der Waals surface area contributed by atoms with Gasteiger partial charge in [0.05, 0.1) is 5.41 Å². The van der Waals surface area contributed by atoms with E-state index in [0.29, 0.717) is 31.7 Å². The van der Waals surface area contributed by atoms with E-state index >= 15 is 0 Å². The minimum Gasteiger partial charge on any atom is -0.481 e. The third-order valence-electron chi connectivity index (χ3n) is 4.06. The fourth-order valence-corrected chi connectivity index (χ4v) is 2.62. The number of carbonyl (C=O) groups is 2. The minimum atomic E-state index is -0.746. The van der Waals surface area contributed by atoms with Crippen molar-refractivity contribution in [3.63, 3.8) is 0 Å². The molecule has 4 nitrogen and oxygen atoms in total. The Morgan fingerprint density at radius 3 is 2.35 bits per heavy atom. The van der Waals surface area contributed by atoms with Gasteiger partial charge in [-0.15, -0.1) is 0 Å². The lowest BCUT2D eigenvalue weighted by Gasteiger charge is -2.33. The van der Waals surface area contributed by atoms with E-state index in [-0.39, 0.29) is 5.91 Å². The molecule has 0 spiro atoms. The summed E-state index contributed by atoms with van der Waals surface area (Å²) in [7, 11) is 0. The van der Waals surface area contributed by atoms with Gasteiger partial charge in [0.15, 0.2) is 0 Å². The van der Waals surface area contributed by atoms with E-state index in [9.17, 15) is 14.7 Å². The summed E-state index contributed by atoms with van der Waals surface area (Å²) in [6.07, 6.45) is 7.32. The average molecular weight is 239 g/mol. The van der Waals surface area contributed by atoms with Gasteiger partial charge >= 0.3 is 5.97 Å². The van der Waals surface area contributed by atoms with Gasteiger partial charge in [0.1, 0.15) is 0 Å². The number of hydrogen-bond donors (Lipinski definition) is 2. The topological polar surface area (TPSA) is 66.4 Å². The van der Waals surface area contributed by atoms with Crippen molar-refractivity contribution in [3.8, 4) is 0 Å². The highest BCUT2D eigenvalue weighted by molar-refractivity contribution is 5.79. The molecule has 2 aliphatic carbocycles. The molecule has 0 unspecified atom stereocenters. The lowest BCUT2D eigenvalue weighted by Crippen LogP contribution is -2.44. The Kier molecular flexibility index (Phi) is 3.69. The smallest absolute Gasteiger partial charge is 0.311 e. The van der Waals surface area contributed by atoms with E-state index in [4.69, 9.17) is 0 Å². The van der Waals surface area contributed by atoms with Crippen LogP contribution in [0.25, 0.3) is 0 Å². The predicted octanol–water partition coefficient (Wildman–Crippen LogP) is 1.94. The summed E-state index contributed by atoms with van der Waals surface area (Å²) in [6, 6.07) is 0. The van der Waals surface area contributed by atoms with Crippen LogP contribution in [-0.2, 0) is 9.59 Å². The zero-order valence-electron chi connectivity index (χ0n) is 10.2. The summed E-state index contributed by atoms with van der Waals surface area (Å²) in [5, 5.41) is 12.2. The minimum absolute atomic E-state index is 0.0266. The molecule has 0 atom stereocenters. The summed E-state index contributed by atoms with van der Waals surface area (Å²) < 4.78 is 0. The van der Waals surface area contributed by atoms with Crippen molar-refractivity contribution < 1.29 is 14.7 Å². The lowest BCUT2D eigenvalue weighted by atomic mass is 9.74. The van der Waals surface area contributed by atoms with E-state index in [0.717, 1.165) is 32.1 Å². The largest absolute Gasteiger partial charge is 0.481 e. The molecular formula is C13H21NO3. The van der Waals surface area contributed by atoms with E-state index in [1.54, 1.807) is 0 Å². The third-order valence-corrected chi connectivity index (χ3v) is 4.06. The zero-order chi connectivity index (χ0) is 12.3. The van der Waals surface area contributed by atoms with Crippen molar-refractivity contribution >= 4 is 11.9 Å². The van der Waals surface area contributed by atoms with E-state index < -0.39 is 11.4 Å². The van der Waals surface area contributed by atoms with E-state index in [1.807, 2.05) is 0 Å². The molecule has 2 aliphatic rings. The van der Waals surface area contributed by atoms with Crippen LogP contribution in [0.1, 0.15) is 51.4 Å². The number of carbonyl (C=O) groups excluding carboxylic acids is 1. The van der Waals surface area contributed by atoms with Gasteiger partial charge in [0.25, 0.3) is 0 Å². The van der Waals surface area contributed by atoms with Crippen LogP contribution in [0.5, 0.6) is 0 Å². The molecule has 0 aromatic carbocycles. The van der Waals surface area contributed by atoms with Crippen LogP contribution in [0, 0.1) is 11.3 Å². The van der Waals surface area contributed by atoms with Gasteiger partial charge in [-0.05, 0) is 31.6 Å². The number of carboxylic acid groups (broad SMARTS) is 1. The molecule has 0 bridgehead atoms. The second kappa shape index (κ2) is 5.07. The van der Waals surface area contributed by atoms with Crippen LogP contribution < -0.4 is 5.32 Å². The molecule has 0 aromatic heterocycles. The van der Waals surface area contributed by atoms with Gasteiger partial charge in [-0.3, -0.25) is 9.59 Å². The molecule has 1 amide bonds. The van der Waals surface area contributed by atoms with Crippen LogP contribution in [0.3, 0.4) is 0 Å². The highest BCUT2D eigenvalue weighted by Gasteiger charge is 2.40. The highest BCUT2D eigenvalue weighted by atomic mass is 16.4. The predicted molar refractivity (Wildman–Crippen MR) is 63.5 cm³/mol. The Hall–Kier alpha value is -1.06. The van der Waals surface area contributed by atoms with Gasteiger partial charge < -0.3 is 10.4 Å². The number of aliphatic carboxylic acids is 1. The first kappa shape index (κ1) is 12.4. The van der Waals surface area contributed by atoms with Crippen LogP contribution in [0.2, 0.25) is 0 Å². The van der Waals surface area contributed by atoms with Crippen LogP contribution in [0.15, 0.2) is 0 Å². The molecule has 0 aromatic rings. The second-order valence-electron chi connectivity index (χ2n) is 5.57. The number of rotatable bonds is 5. The Bertz CT molecular complexity index is 304. The molecule has 0 aliphatic heterocycles. The monoisotopic (exact) mass is 239 g/mol. The van der Waals surface area contributed by atoms with E-state index in [1.165, 1.54) is 0 Å². The molecule has 2 rings (SSSR count). The first-order chi connectivity index (χ1) is 8.12. The summed E-state index contributed by atoms with van der Waals surface area (Å²) in [6.45, 7) is 0.313. The van der Waals surface area contributed by atoms with Crippen molar-refractivity contribution in [2.75, 3.05) is 6.54 Å². The third kappa shape index (κ3) is 3.20. The lowest BCUT2D eigenvalue weighted by molar-refractivity contribution is -0.151. The van der Waals surface area contributed by atoms with Crippen molar-refractivity contribution in [3.05, 3.63) is 0 Å². The molecular weight excluding hydrogens is 218 g/mol. The van der Waals surface area contributed by atoms with Crippen LogP contribution >= 0.6 is 0 Å². The molecule has 0 radical (unpaired) electrons. The molecule has 96 valence electrons. The molecule has 2 saturated carbocycles. The second-order valence-corrected chi connectivity index (χ2v) is 5.57. The number of hydrogen-bond acceptors (Lipinski definition) is 2. The maximum atomic E-state index is 11.6. The van der Waals surface area contributed by atoms with E-state index in [2.05, 4.69) is 5.32 Å². The summed E-state index contributed by atoms with van der Waals surface area (Å²) in [5.41, 5.74) is -0.697. The summed E-state index contributed by atoms with van der Waals surface area (Å²) in [5.74, 6) is -0.162. The van der Waals surface area contributed by atoms with Gasteiger partial charge in [-0.2, -0.15) is 0 Å². The average Bonchev–Trinajstić information content (AvgIpc) is 3.11. The first-order valence-corrected chi connectivity index (χ1v) is 6.62. The normalized spacial score (nSPS) is 23.1. The Morgan fingerprint density at radius 1 is 1.18 bits per heavy atom. The molecule has 17 heavy (non-hydrogen) atoms. The maximum absolute atomic E-state index is 11.6. The van der Waals surface area contributed by atoms with Gasteiger partial charge in [-0.1, -0.05) is 19.3 Å². The number of nitrogens with one attached hydrogen (secondary N) is 1. The number of carboxylic acids is 1.